The van der Waals surface area contributed by atoms with Gasteiger partial charge in [-0.15, -0.1) is 0 Å². The van der Waals surface area contributed by atoms with Crippen molar-refractivity contribution in [3.8, 4) is 0 Å². The molecule has 8 nitrogen and oxygen atoms in total. The van der Waals surface area contributed by atoms with Gasteiger partial charge in [0.1, 0.15) is 5.15 Å². The molecule has 1 aliphatic heterocycles. The van der Waals surface area contributed by atoms with Gasteiger partial charge in [-0.25, -0.2) is 15.0 Å². The SMILES string of the molecule is O=C(NCC(=O)N1CCCN1C(=O)c1ccc(Cl)nc1)c1ccco1. The van der Waals surface area contributed by atoms with Crippen LogP contribution in [0.4, 0.5) is 0 Å². The van der Waals surface area contributed by atoms with E-state index in [0.29, 0.717) is 25.1 Å². The predicted molar refractivity (Wildman–Crippen MR) is 87.7 cm³/mol. The summed E-state index contributed by atoms with van der Waals surface area (Å²) in [4.78, 5) is 40.6. The summed E-state index contributed by atoms with van der Waals surface area (Å²) in [5.74, 6) is -1.09. The first kappa shape index (κ1) is 17.0. The molecular weight excluding hydrogens is 348 g/mol. The van der Waals surface area contributed by atoms with Crippen molar-refractivity contribution < 1.29 is 18.8 Å². The molecule has 3 heterocycles. The number of halogens is 1. The maximum Gasteiger partial charge on any atom is 0.287 e. The fourth-order valence-electron chi connectivity index (χ4n) is 2.48. The Morgan fingerprint density at radius 3 is 2.68 bits per heavy atom. The second-order valence-corrected chi connectivity index (χ2v) is 5.72. The van der Waals surface area contributed by atoms with E-state index in [2.05, 4.69) is 10.3 Å². The highest BCUT2D eigenvalue weighted by atomic mass is 35.5. The molecule has 0 unspecified atom stereocenters. The molecule has 3 rings (SSSR count). The molecule has 2 aromatic rings. The predicted octanol–water partition coefficient (Wildman–Crippen LogP) is 1.35. The van der Waals surface area contributed by atoms with Gasteiger partial charge in [-0.1, -0.05) is 11.6 Å². The minimum atomic E-state index is -0.489. The molecule has 130 valence electrons. The van der Waals surface area contributed by atoms with E-state index in [9.17, 15) is 14.4 Å². The summed E-state index contributed by atoms with van der Waals surface area (Å²) in [5.41, 5.74) is 0.337. The van der Waals surface area contributed by atoms with Gasteiger partial charge in [0.2, 0.25) is 0 Å². The zero-order chi connectivity index (χ0) is 17.8. The van der Waals surface area contributed by atoms with Crippen molar-refractivity contribution in [3.63, 3.8) is 0 Å². The molecule has 0 bridgehead atoms. The number of carbonyl (C=O) groups excluding carboxylic acids is 3. The van der Waals surface area contributed by atoms with E-state index in [4.69, 9.17) is 16.0 Å². The van der Waals surface area contributed by atoms with Crippen LogP contribution in [0.2, 0.25) is 5.15 Å². The minimum absolute atomic E-state index is 0.120. The van der Waals surface area contributed by atoms with E-state index in [-0.39, 0.29) is 29.3 Å². The van der Waals surface area contributed by atoms with Crippen LogP contribution in [-0.2, 0) is 4.79 Å². The molecule has 1 N–H and O–H groups in total. The van der Waals surface area contributed by atoms with Crippen molar-refractivity contribution in [1.29, 1.82) is 0 Å². The van der Waals surface area contributed by atoms with Crippen LogP contribution in [0.3, 0.4) is 0 Å². The average Bonchev–Trinajstić information content (AvgIpc) is 3.30. The second-order valence-electron chi connectivity index (χ2n) is 5.33. The Bertz CT molecular complexity index is 776. The first-order chi connectivity index (χ1) is 12.1. The summed E-state index contributed by atoms with van der Waals surface area (Å²) in [6.45, 7) is 0.587. The van der Waals surface area contributed by atoms with Crippen LogP contribution in [0.25, 0.3) is 0 Å². The van der Waals surface area contributed by atoms with Gasteiger partial charge in [0, 0.05) is 19.3 Å². The second kappa shape index (κ2) is 7.35. The molecule has 9 heteroatoms. The molecule has 0 radical (unpaired) electrons. The zero-order valence-corrected chi connectivity index (χ0v) is 13.9. The van der Waals surface area contributed by atoms with E-state index in [1.807, 2.05) is 0 Å². The van der Waals surface area contributed by atoms with Crippen LogP contribution in [0.1, 0.15) is 27.3 Å². The summed E-state index contributed by atoms with van der Waals surface area (Å²) in [6.07, 6.45) is 3.40. The molecule has 0 spiro atoms. The third-order valence-electron chi connectivity index (χ3n) is 3.67. The lowest BCUT2D eigenvalue weighted by molar-refractivity contribution is -0.139. The van der Waals surface area contributed by atoms with E-state index in [1.54, 1.807) is 12.1 Å². The number of hydrazine groups is 1. The van der Waals surface area contributed by atoms with Crippen LogP contribution >= 0.6 is 11.6 Å². The number of nitrogens with one attached hydrogen (secondary N) is 1. The Kier molecular flexibility index (Phi) is 4.99. The van der Waals surface area contributed by atoms with E-state index in [1.165, 1.54) is 34.6 Å². The van der Waals surface area contributed by atoms with Crippen molar-refractivity contribution in [2.45, 2.75) is 6.42 Å². The number of rotatable bonds is 4. The standard InChI is InChI=1S/C16H15ClN4O4/c17-13-5-4-11(9-18-13)16(24)21-7-2-6-20(21)14(22)10-19-15(23)12-3-1-8-25-12/h1,3-5,8-9H,2,6-7,10H2,(H,19,23). The number of nitrogens with zero attached hydrogens (tertiary/aromatic N) is 3. The quantitative estimate of drug-likeness (QED) is 0.828. The largest absolute Gasteiger partial charge is 0.459 e. The third-order valence-corrected chi connectivity index (χ3v) is 3.90. The third kappa shape index (κ3) is 3.80. The van der Waals surface area contributed by atoms with Crippen LogP contribution in [0, 0.1) is 0 Å². The molecule has 3 amide bonds. The highest BCUT2D eigenvalue weighted by molar-refractivity contribution is 6.29. The fraction of sp³-hybridized carbons (Fsp3) is 0.250. The Balaban J connectivity index is 1.62. The first-order valence-electron chi connectivity index (χ1n) is 7.61. The fourth-order valence-corrected chi connectivity index (χ4v) is 2.59. The highest BCUT2D eigenvalue weighted by Crippen LogP contribution is 2.16. The molecule has 0 atom stereocenters. The topological polar surface area (TPSA) is 95.8 Å². The number of carbonyl (C=O) groups is 3. The highest BCUT2D eigenvalue weighted by Gasteiger charge is 2.31. The van der Waals surface area contributed by atoms with Gasteiger partial charge < -0.3 is 9.73 Å². The molecule has 0 saturated carbocycles. The van der Waals surface area contributed by atoms with Crippen LogP contribution < -0.4 is 5.32 Å². The number of pyridine rings is 1. The van der Waals surface area contributed by atoms with Crippen LogP contribution in [0.5, 0.6) is 0 Å². The minimum Gasteiger partial charge on any atom is -0.459 e. The monoisotopic (exact) mass is 362 g/mol. The number of furan rings is 1. The number of amides is 3. The van der Waals surface area contributed by atoms with Gasteiger partial charge in [-0.05, 0) is 30.7 Å². The summed E-state index contributed by atoms with van der Waals surface area (Å²) in [6, 6.07) is 6.15. The van der Waals surface area contributed by atoms with Gasteiger partial charge in [0.25, 0.3) is 17.7 Å². The zero-order valence-electron chi connectivity index (χ0n) is 13.1. The number of aromatic nitrogens is 1. The number of hydrogen-bond acceptors (Lipinski definition) is 5. The average molecular weight is 363 g/mol. The van der Waals surface area contributed by atoms with Crippen molar-refractivity contribution in [1.82, 2.24) is 20.3 Å². The van der Waals surface area contributed by atoms with E-state index < -0.39 is 5.91 Å². The Morgan fingerprint density at radius 1 is 1.20 bits per heavy atom. The molecular formula is C16H15ClN4O4. The summed E-state index contributed by atoms with van der Waals surface area (Å²) < 4.78 is 4.96. The van der Waals surface area contributed by atoms with Gasteiger partial charge in [0.05, 0.1) is 18.4 Å². The molecule has 0 aromatic carbocycles. The van der Waals surface area contributed by atoms with Crippen molar-refractivity contribution >= 4 is 29.3 Å². The molecule has 1 saturated heterocycles. The lowest BCUT2D eigenvalue weighted by Gasteiger charge is -2.27. The maximum absolute atomic E-state index is 12.5. The Morgan fingerprint density at radius 2 is 2.00 bits per heavy atom. The molecule has 2 aromatic heterocycles. The van der Waals surface area contributed by atoms with Gasteiger partial charge >= 0.3 is 0 Å². The Labute approximate surface area is 148 Å². The lowest BCUT2D eigenvalue weighted by atomic mass is 10.2. The van der Waals surface area contributed by atoms with Crippen molar-refractivity contribution in [2.75, 3.05) is 19.6 Å². The summed E-state index contributed by atoms with van der Waals surface area (Å²) in [7, 11) is 0. The Hall–Kier alpha value is -2.87. The van der Waals surface area contributed by atoms with E-state index in [0.717, 1.165) is 0 Å². The molecule has 1 aliphatic rings. The van der Waals surface area contributed by atoms with E-state index >= 15 is 0 Å². The van der Waals surface area contributed by atoms with Crippen LogP contribution in [-0.4, -0.2) is 52.4 Å². The lowest BCUT2D eigenvalue weighted by Crippen LogP contribution is -2.48. The van der Waals surface area contributed by atoms with Crippen molar-refractivity contribution in [3.05, 3.63) is 53.2 Å². The normalized spacial score (nSPS) is 13.8. The maximum atomic E-state index is 12.5. The number of hydrogen-bond donors (Lipinski definition) is 1. The van der Waals surface area contributed by atoms with Gasteiger partial charge in [-0.2, -0.15) is 0 Å². The van der Waals surface area contributed by atoms with Crippen molar-refractivity contribution in [2.24, 2.45) is 0 Å². The molecule has 25 heavy (non-hydrogen) atoms. The molecule has 1 fully saturated rings. The van der Waals surface area contributed by atoms with Crippen LogP contribution in [0.15, 0.2) is 41.1 Å². The first-order valence-corrected chi connectivity index (χ1v) is 7.99. The van der Waals surface area contributed by atoms with Gasteiger partial charge in [0.15, 0.2) is 5.76 Å². The smallest absolute Gasteiger partial charge is 0.287 e. The van der Waals surface area contributed by atoms with Gasteiger partial charge in [-0.3, -0.25) is 14.4 Å². The molecule has 0 aliphatic carbocycles. The summed E-state index contributed by atoms with van der Waals surface area (Å²) in [5, 5.41) is 5.45. The summed E-state index contributed by atoms with van der Waals surface area (Å²) >= 11 is 5.72.